The molecule has 0 saturated heterocycles. The first kappa shape index (κ1) is 12.3. The van der Waals surface area contributed by atoms with Crippen molar-refractivity contribution in [1.82, 2.24) is 14.9 Å². The molecule has 0 fully saturated rings. The Morgan fingerprint density at radius 2 is 2.29 bits per heavy atom. The van der Waals surface area contributed by atoms with Crippen molar-refractivity contribution in [1.29, 1.82) is 0 Å². The molecule has 0 radical (unpaired) electrons. The lowest BCUT2D eigenvalue weighted by Crippen LogP contribution is -2.19. The standard InChI is InChI=1S/C13H16BrN3/c1-10(11-4-3-5-12(14)6-11)16-8-13-7-15-9-17(13)2/h3-7,9-10,16H,8H2,1-2H3/t10-/m1/s1. The van der Waals surface area contributed by atoms with Crippen LogP contribution in [0.1, 0.15) is 24.2 Å². The van der Waals surface area contributed by atoms with Crippen LogP contribution in [0.2, 0.25) is 0 Å². The third-order valence-electron chi connectivity index (χ3n) is 2.85. The van der Waals surface area contributed by atoms with Crippen LogP contribution in [0.4, 0.5) is 0 Å². The molecule has 1 aromatic carbocycles. The molecule has 0 bridgehead atoms. The van der Waals surface area contributed by atoms with E-state index in [0.717, 1.165) is 11.0 Å². The number of hydrogen-bond donors (Lipinski definition) is 1. The van der Waals surface area contributed by atoms with Crippen LogP contribution >= 0.6 is 15.9 Å². The summed E-state index contributed by atoms with van der Waals surface area (Å²) >= 11 is 3.49. The molecule has 90 valence electrons. The summed E-state index contributed by atoms with van der Waals surface area (Å²) in [7, 11) is 2.01. The van der Waals surface area contributed by atoms with E-state index in [1.54, 1.807) is 0 Å². The Bertz CT molecular complexity index is 493. The molecule has 4 heteroatoms. The van der Waals surface area contributed by atoms with Crippen LogP contribution in [0.3, 0.4) is 0 Å². The number of nitrogens with zero attached hydrogens (tertiary/aromatic N) is 2. The first-order valence-corrected chi connectivity index (χ1v) is 6.40. The maximum Gasteiger partial charge on any atom is 0.0945 e. The van der Waals surface area contributed by atoms with Gasteiger partial charge in [-0.25, -0.2) is 4.98 Å². The van der Waals surface area contributed by atoms with Crippen LogP contribution in [0.5, 0.6) is 0 Å². The summed E-state index contributed by atoms with van der Waals surface area (Å²) in [4.78, 5) is 4.10. The Hall–Kier alpha value is -1.13. The third kappa shape index (κ3) is 3.17. The van der Waals surface area contributed by atoms with Crippen molar-refractivity contribution in [2.24, 2.45) is 7.05 Å². The van der Waals surface area contributed by atoms with E-state index in [0.29, 0.717) is 6.04 Å². The molecular formula is C13H16BrN3. The normalized spacial score (nSPS) is 12.6. The molecule has 0 saturated carbocycles. The highest BCUT2D eigenvalue weighted by molar-refractivity contribution is 9.10. The van der Waals surface area contributed by atoms with Crippen molar-refractivity contribution < 1.29 is 0 Å². The van der Waals surface area contributed by atoms with E-state index in [1.807, 2.05) is 30.2 Å². The van der Waals surface area contributed by atoms with Gasteiger partial charge in [-0.05, 0) is 24.6 Å². The maximum atomic E-state index is 4.10. The second-order valence-electron chi connectivity index (χ2n) is 4.15. The molecule has 0 amide bonds. The molecular weight excluding hydrogens is 278 g/mol. The molecule has 0 unspecified atom stereocenters. The minimum atomic E-state index is 0.322. The topological polar surface area (TPSA) is 29.9 Å². The molecule has 1 aromatic heterocycles. The number of aromatic nitrogens is 2. The number of hydrogen-bond acceptors (Lipinski definition) is 2. The van der Waals surface area contributed by atoms with Gasteiger partial charge in [0.2, 0.25) is 0 Å². The summed E-state index contributed by atoms with van der Waals surface area (Å²) < 4.78 is 3.14. The van der Waals surface area contributed by atoms with Crippen molar-refractivity contribution in [3.63, 3.8) is 0 Å². The van der Waals surface area contributed by atoms with Crippen molar-refractivity contribution in [2.45, 2.75) is 19.5 Å². The van der Waals surface area contributed by atoms with E-state index in [-0.39, 0.29) is 0 Å². The van der Waals surface area contributed by atoms with Gasteiger partial charge in [-0.15, -0.1) is 0 Å². The SMILES string of the molecule is C[C@@H](NCc1cncn1C)c1cccc(Br)c1. The molecule has 0 aliphatic rings. The average molecular weight is 294 g/mol. The predicted octanol–water partition coefficient (Wildman–Crippen LogP) is 3.03. The molecule has 0 aliphatic carbocycles. The maximum absolute atomic E-state index is 4.10. The lowest BCUT2D eigenvalue weighted by atomic mass is 10.1. The summed E-state index contributed by atoms with van der Waals surface area (Å²) in [5.74, 6) is 0. The van der Waals surface area contributed by atoms with E-state index < -0.39 is 0 Å². The number of imidazole rings is 1. The van der Waals surface area contributed by atoms with E-state index in [4.69, 9.17) is 0 Å². The van der Waals surface area contributed by atoms with Gasteiger partial charge in [-0.1, -0.05) is 28.1 Å². The Balaban J connectivity index is 1.98. The lowest BCUT2D eigenvalue weighted by Gasteiger charge is -2.14. The fourth-order valence-corrected chi connectivity index (χ4v) is 2.12. The highest BCUT2D eigenvalue weighted by Gasteiger charge is 2.06. The fraction of sp³-hybridized carbons (Fsp3) is 0.308. The molecule has 0 spiro atoms. The number of nitrogens with one attached hydrogen (secondary N) is 1. The quantitative estimate of drug-likeness (QED) is 0.939. The van der Waals surface area contributed by atoms with Crippen LogP contribution in [0.25, 0.3) is 0 Å². The van der Waals surface area contributed by atoms with Gasteiger partial charge in [0.15, 0.2) is 0 Å². The van der Waals surface area contributed by atoms with E-state index in [9.17, 15) is 0 Å². The fourth-order valence-electron chi connectivity index (χ4n) is 1.71. The Labute approximate surface area is 110 Å². The second-order valence-corrected chi connectivity index (χ2v) is 5.07. The predicted molar refractivity (Wildman–Crippen MR) is 72.6 cm³/mol. The zero-order valence-corrected chi connectivity index (χ0v) is 11.6. The van der Waals surface area contributed by atoms with E-state index >= 15 is 0 Å². The average Bonchev–Trinajstić information content (AvgIpc) is 2.72. The van der Waals surface area contributed by atoms with Crippen LogP contribution < -0.4 is 5.32 Å². The van der Waals surface area contributed by atoms with Gasteiger partial charge in [0.1, 0.15) is 0 Å². The van der Waals surface area contributed by atoms with Gasteiger partial charge in [-0.3, -0.25) is 0 Å². The zero-order valence-electron chi connectivity index (χ0n) is 10.0. The molecule has 2 rings (SSSR count). The molecule has 3 nitrogen and oxygen atoms in total. The van der Waals surface area contributed by atoms with Crippen LogP contribution in [-0.4, -0.2) is 9.55 Å². The summed E-state index contributed by atoms with van der Waals surface area (Å²) in [6.07, 6.45) is 3.71. The number of aryl methyl sites for hydroxylation is 1. The summed E-state index contributed by atoms with van der Waals surface area (Å²) in [6, 6.07) is 8.69. The van der Waals surface area contributed by atoms with Gasteiger partial charge in [0.05, 0.1) is 12.0 Å². The first-order valence-electron chi connectivity index (χ1n) is 5.61. The molecule has 1 heterocycles. The molecule has 2 aromatic rings. The largest absolute Gasteiger partial charge is 0.337 e. The van der Waals surface area contributed by atoms with Crippen LogP contribution in [-0.2, 0) is 13.6 Å². The van der Waals surface area contributed by atoms with Crippen molar-refractivity contribution in [3.05, 3.63) is 52.5 Å². The van der Waals surface area contributed by atoms with Gasteiger partial charge in [-0.2, -0.15) is 0 Å². The molecule has 0 aliphatic heterocycles. The minimum Gasteiger partial charge on any atom is -0.337 e. The van der Waals surface area contributed by atoms with Crippen LogP contribution in [0.15, 0.2) is 41.3 Å². The monoisotopic (exact) mass is 293 g/mol. The Morgan fingerprint density at radius 3 is 2.94 bits per heavy atom. The first-order chi connectivity index (χ1) is 8.16. The highest BCUT2D eigenvalue weighted by Crippen LogP contribution is 2.18. The Kier molecular flexibility index (Phi) is 3.97. The third-order valence-corrected chi connectivity index (χ3v) is 3.35. The van der Waals surface area contributed by atoms with Gasteiger partial charge in [0, 0.05) is 30.3 Å². The van der Waals surface area contributed by atoms with Crippen molar-refractivity contribution in [2.75, 3.05) is 0 Å². The van der Waals surface area contributed by atoms with E-state index in [1.165, 1.54) is 11.3 Å². The minimum absolute atomic E-state index is 0.322. The molecule has 17 heavy (non-hydrogen) atoms. The van der Waals surface area contributed by atoms with Gasteiger partial charge in [0.25, 0.3) is 0 Å². The summed E-state index contributed by atoms with van der Waals surface area (Å²) in [6.45, 7) is 2.99. The number of rotatable bonds is 4. The number of halogens is 1. The Morgan fingerprint density at radius 1 is 1.47 bits per heavy atom. The second kappa shape index (κ2) is 5.47. The lowest BCUT2D eigenvalue weighted by molar-refractivity contribution is 0.558. The summed E-state index contributed by atoms with van der Waals surface area (Å²) in [5, 5.41) is 3.49. The zero-order chi connectivity index (χ0) is 12.3. The van der Waals surface area contributed by atoms with Crippen molar-refractivity contribution >= 4 is 15.9 Å². The highest BCUT2D eigenvalue weighted by atomic mass is 79.9. The van der Waals surface area contributed by atoms with Gasteiger partial charge < -0.3 is 9.88 Å². The summed E-state index contributed by atoms with van der Waals surface area (Å²) in [5.41, 5.74) is 2.47. The molecule has 1 atom stereocenters. The smallest absolute Gasteiger partial charge is 0.0945 e. The van der Waals surface area contributed by atoms with Crippen LogP contribution in [0, 0.1) is 0 Å². The molecule has 1 N–H and O–H groups in total. The van der Waals surface area contributed by atoms with Gasteiger partial charge >= 0.3 is 0 Å². The van der Waals surface area contributed by atoms with E-state index in [2.05, 4.69) is 51.4 Å². The van der Waals surface area contributed by atoms with Crippen molar-refractivity contribution in [3.8, 4) is 0 Å². The number of benzene rings is 1.